The van der Waals surface area contributed by atoms with Crippen LogP contribution in [0.3, 0.4) is 0 Å². The van der Waals surface area contributed by atoms with Gasteiger partial charge in [-0.25, -0.2) is 0 Å². The lowest BCUT2D eigenvalue weighted by molar-refractivity contribution is -0.112. The summed E-state index contributed by atoms with van der Waals surface area (Å²) < 4.78 is 0. The highest BCUT2D eigenvalue weighted by atomic mass is 35.5. The van der Waals surface area contributed by atoms with Crippen LogP contribution < -0.4 is 0 Å². The molecule has 27 heavy (non-hydrogen) atoms. The summed E-state index contributed by atoms with van der Waals surface area (Å²) in [4.78, 5) is 18.1. The first-order valence-corrected chi connectivity index (χ1v) is 9.89. The van der Waals surface area contributed by atoms with Crippen molar-refractivity contribution in [1.29, 1.82) is 0 Å². The Hall–Kier alpha value is -1.68. The molecule has 0 bridgehead atoms. The highest BCUT2D eigenvalue weighted by molar-refractivity contribution is 6.25. The summed E-state index contributed by atoms with van der Waals surface area (Å²) in [6, 6.07) is 8.26. The summed E-state index contributed by atoms with van der Waals surface area (Å²) in [6.07, 6.45) is 7.29. The second-order valence-corrected chi connectivity index (χ2v) is 6.87. The summed E-state index contributed by atoms with van der Waals surface area (Å²) >= 11 is 0. The molecule has 3 nitrogen and oxygen atoms in total. The first-order valence-electron chi connectivity index (χ1n) is 9.89. The van der Waals surface area contributed by atoms with E-state index in [0.29, 0.717) is 0 Å². The van der Waals surface area contributed by atoms with Gasteiger partial charge in [0.15, 0.2) is 5.78 Å². The number of carbonyl (C=O) groups is 1. The molecule has 0 fully saturated rings. The Labute approximate surface area is 169 Å². The molecule has 3 rings (SSSR count). The molecule has 0 heterocycles. The molecule has 0 saturated carbocycles. The van der Waals surface area contributed by atoms with Crippen LogP contribution in [0.5, 0.6) is 0 Å². The molecule has 0 atom stereocenters. The molecule has 0 aromatic heterocycles. The molecule has 2 aliphatic carbocycles. The molecule has 0 N–H and O–H groups in total. The largest absolute Gasteiger partial charge is 0.289 e. The fourth-order valence-corrected chi connectivity index (χ4v) is 4.18. The van der Waals surface area contributed by atoms with Crippen LogP contribution in [0.2, 0.25) is 0 Å². The third kappa shape index (κ3) is 4.11. The first kappa shape index (κ1) is 21.6. The van der Waals surface area contributed by atoms with Gasteiger partial charge in [0.25, 0.3) is 0 Å². The van der Waals surface area contributed by atoms with Crippen molar-refractivity contribution < 1.29 is 4.79 Å². The van der Waals surface area contributed by atoms with Gasteiger partial charge in [0.2, 0.25) is 0 Å². The molecular formula is C23H31ClN2O. The van der Waals surface area contributed by atoms with E-state index in [1.807, 2.05) is 12.1 Å². The number of ketones is 1. The Morgan fingerprint density at radius 2 is 1.44 bits per heavy atom. The van der Waals surface area contributed by atoms with Gasteiger partial charge in [-0.15, -0.1) is 12.4 Å². The molecule has 2 aliphatic rings. The van der Waals surface area contributed by atoms with E-state index < -0.39 is 0 Å². The van der Waals surface area contributed by atoms with Crippen LogP contribution in [0.1, 0.15) is 45.2 Å². The molecule has 0 unspecified atom stereocenters. The molecule has 0 aliphatic heterocycles. The third-order valence-corrected chi connectivity index (χ3v) is 5.70. The molecule has 0 spiro atoms. The maximum Gasteiger partial charge on any atom is 0.189 e. The Morgan fingerprint density at radius 3 is 2.04 bits per heavy atom. The maximum absolute atomic E-state index is 13.2. The predicted molar refractivity (Wildman–Crippen MR) is 117 cm³/mol. The van der Waals surface area contributed by atoms with Crippen molar-refractivity contribution >= 4 is 29.8 Å². The lowest BCUT2D eigenvalue weighted by atomic mass is 9.89. The predicted octanol–water partition coefficient (Wildman–Crippen LogP) is 4.80. The van der Waals surface area contributed by atoms with Gasteiger partial charge in [0, 0.05) is 17.6 Å². The minimum Gasteiger partial charge on any atom is -0.289 e. The number of rotatable bonds is 8. The highest BCUT2D eigenvalue weighted by Crippen LogP contribution is 2.40. The van der Waals surface area contributed by atoms with Crippen molar-refractivity contribution in [2.24, 2.45) is 0 Å². The average molecular weight is 387 g/mol. The minimum absolute atomic E-state index is 0. The van der Waals surface area contributed by atoms with Crippen molar-refractivity contribution in [3.63, 3.8) is 0 Å². The number of halogens is 1. The number of benzene rings is 1. The summed E-state index contributed by atoms with van der Waals surface area (Å²) in [7, 11) is 0. The molecule has 1 aromatic carbocycles. The zero-order chi connectivity index (χ0) is 18.7. The molecule has 0 amide bonds. The Bertz CT molecular complexity index is 758. The second-order valence-electron chi connectivity index (χ2n) is 6.87. The summed E-state index contributed by atoms with van der Waals surface area (Å²) in [5.41, 5.74) is 5.20. The number of fused-ring (bicyclic) bond motifs is 3. The van der Waals surface area contributed by atoms with E-state index in [1.54, 1.807) is 0 Å². The standard InChI is InChI=1S/C23H30N2O.ClH/c1-5-24(6-2)22(25(7-3)8-4)16-18-13-14-20-19-12-10-9-11-17(19)15-21(20)23(18)26;/h9-15,22H,5-8,16H2,1-4H3;1H. The normalized spacial score (nSPS) is 15.4. The van der Waals surface area contributed by atoms with Gasteiger partial charge < -0.3 is 0 Å². The van der Waals surface area contributed by atoms with Crippen LogP contribution >= 0.6 is 12.4 Å². The van der Waals surface area contributed by atoms with E-state index in [0.717, 1.165) is 54.9 Å². The van der Waals surface area contributed by atoms with Gasteiger partial charge in [-0.3, -0.25) is 14.6 Å². The SMILES string of the molecule is CCN(CC)C(CC1=CC=C2C(=Cc3ccccc32)C1=O)N(CC)CC.Cl. The number of nitrogens with zero attached hydrogens (tertiary/aromatic N) is 2. The molecule has 4 heteroatoms. The number of hydrogen-bond acceptors (Lipinski definition) is 3. The maximum atomic E-state index is 13.2. The quantitative estimate of drug-likeness (QED) is 0.599. The van der Waals surface area contributed by atoms with Gasteiger partial charge in [-0.05, 0) is 49.0 Å². The smallest absolute Gasteiger partial charge is 0.189 e. The van der Waals surface area contributed by atoms with E-state index in [4.69, 9.17) is 0 Å². The lowest BCUT2D eigenvalue weighted by Crippen LogP contribution is -2.48. The van der Waals surface area contributed by atoms with Crippen LogP contribution in [0.4, 0.5) is 0 Å². The van der Waals surface area contributed by atoms with Gasteiger partial charge in [0.1, 0.15) is 0 Å². The van der Waals surface area contributed by atoms with E-state index in [9.17, 15) is 4.79 Å². The number of allylic oxidation sites excluding steroid dienone is 4. The summed E-state index contributed by atoms with van der Waals surface area (Å²) in [5, 5.41) is 0. The van der Waals surface area contributed by atoms with Crippen molar-refractivity contribution in [3.05, 3.63) is 58.7 Å². The third-order valence-electron chi connectivity index (χ3n) is 5.70. The van der Waals surface area contributed by atoms with Gasteiger partial charge in [-0.1, -0.05) is 64.1 Å². The highest BCUT2D eigenvalue weighted by Gasteiger charge is 2.31. The Morgan fingerprint density at radius 1 is 0.852 bits per heavy atom. The fraction of sp³-hybridized carbons (Fsp3) is 0.435. The lowest BCUT2D eigenvalue weighted by Gasteiger charge is -2.38. The van der Waals surface area contributed by atoms with Crippen LogP contribution in [0.25, 0.3) is 11.6 Å². The molecule has 1 aromatic rings. The summed E-state index contributed by atoms with van der Waals surface area (Å²) in [5.74, 6) is 0.197. The van der Waals surface area contributed by atoms with Gasteiger partial charge in [0.05, 0.1) is 6.17 Å². The minimum atomic E-state index is 0. The molecule has 0 radical (unpaired) electrons. The van der Waals surface area contributed by atoms with Crippen LogP contribution in [0.15, 0.2) is 47.6 Å². The number of Topliss-reactive ketones (excluding diaryl/α,β-unsaturated/α-hetero) is 1. The van der Waals surface area contributed by atoms with Crippen molar-refractivity contribution in [2.45, 2.75) is 40.3 Å². The molecular weight excluding hydrogens is 356 g/mol. The van der Waals surface area contributed by atoms with E-state index in [-0.39, 0.29) is 24.4 Å². The zero-order valence-electron chi connectivity index (χ0n) is 16.9. The van der Waals surface area contributed by atoms with Crippen LogP contribution in [-0.2, 0) is 4.79 Å². The topological polar surface area (TPSA) is 23.6 Å². The van der Waals surface area contributed by atoms with Crippen molar-refractivity contribution in [2.75, 3.05) is 26.2 Å². The van der Waals surface area contributed by atoms with E-state index in [1.165, 1.54) is 5.56 Å². The Balaban J connectivity index is 0.00000261. The van der Waals surface area contributed by atoms with Crippen molar-refractivity contribution in [3.8, 4) is 0 Å². The van der Waals surface area contributed by atoms with Crippen LogP contribution in [0, 0.1) is 0 Å². The van der Waals surface area contributed by atoms with E-state index in [2.05, 4.69) is 67.9 Å². The Kier molecular flexibility index (Phi) is 7.60. The number of carbonyl (C=O) groups excluding carboxylic acids is 1. The van der Waals surface area contributed by atoms with Crippen LogP contribution in [-0.4, -0.2) is 47.9 Å². The fourth-order valence-electron chi connectivity index (χ4n) is 4.18. The number of hydrogen-bond donors (Lipinski definition) is 0. The van der Waals surface area contributed by atoms with E-state index >= 15 is 0 Å². The first-order chi connectivity index (χ1) is 12.6. The zero-order valence-corrected chi connectivity index (χ0v) is 17.7. The monoisotopic (exact) mass is 386 g/mol. The average Bonchev–Trinajstić information content (AvgIpc) is 3.05. The van der Waals surface area contributed by atoms with Gasteiger partial charge >= 0.3 is 0 Å². The summed E-state index contributed by atoms with van der Waals surface area (Å²) in [6.45, 7) is 12.8. The molecule has 0 saturated heterocycles. The van der Waals surface area contributed by atoms with Crippen molar-refractivity contribution in [1.82, 2.24) is 9.80 Å². The second kappa shape index (κ2) is 9.50. The molecule has 146 valence electrons. The van der Waals surface area contributed by atoms with Gasteiger partial charge in [-0.2, -0.15) is 0 Å².